The van der Waals surface area contributed by atoms with Crippen LogP contribution < -0.4 is 5.32 Å². The Labute approximate surface area is 124 Å². The van der Waals surface area contributed by atoms with Crippen molar-refractivity contribution in [3.05, 3.63) is 48.3 Å². The predicted octanol–water partition coefficient (Wildman–Crippen LogP) is 2.79. The number of hydrogen-bond donors (Lipinski definition) is 1. The van der Waals surface area contributed by atoms with Crippen molar-refractivity contribution >= 4 is 5.91 Å². The molecule has 5 heteroatoms. The van der Waals surface area contributed by atoms with E-state index in [1.807, 2.05) is 29.2 Å². The van der Waals surface area contributed by atoms with Gasteiger partial charge in [-0.15, -0.1) is 0 Å². The van der Waals surface area contributed by atoms with Crippen molar-refractivity contribution in [3.8, 4) is 0 Å². The molecule has 1 amide bonds. The molecule has 5 nitrogen and oxygen atoms in total. The molecule has 0 fully saturated rings. The minimum atomic E-state index is 0.0292. The maximum absolute atomic E-state index is 12.0. The summed E-state index contributed by atoms with van der Waals surface area (Å²) in [6, 6.07) is 7.51. The molecule has 2 aromatic rings. The molecule has 1 N–H and O–H groups in total. The Hall–Kier alpha value is -2.01. The first-order valence-electron chi connectivity index (χ1n) is 7.31. The fraction of sp³-hybridized carbons (Fsp3) is 0.438. The van der Waals surface area contributed by atoms with Crippen LogP contribution in [0.1, 0.15) is 31.3 Å². The molecule has 0 saturated heterocycles. The smallest absolute Gasteiger partial charge is 0.234 e. The number of unbranched alkanes of at least 4 members (excludes halogenated alkanes) is 1. The summed E-state index contributed by atoms with van der Waals surface area (Å²) in [6.07, 6.45) is 5.36. The monoisotopic (exact) mass is 290 g/mol. The van der Waals surface area contributed by atoms with Gasteiger partial charge in [0.15, 0.2) is 0 Å². The maximum Gasteiger partial charge on any atom is 0.234 e. The van der Waals surface area contributed by atoms with Crippen LogP contribution in [-0.4, -0.2) is 23.9 Å². The molecule has 0 aliphatic carbocycles. The zero-order valence-corrected chi connectivity index (χ0v) is 12.4. The largest absolute Gasteiger partial charge is 0.468 e. The summed E-state index contributed by atoms with van der Waals surface area (Å²) in [5.41, 5.74) is 0. The highest BCUT2D eigenvalue weighted by Crippen LogP contribution is 2.10. The second-order valence-corrected chi connectivity index (χ2v) is 5.01. The van der Waals surface area contributed by atoms with Gasteiger partial charge in [0.1, 0.15) is 11.5 Å². The lowest BCUT2D eigenvalue weighted by Crippen LogP contribution is -2.36. The van der Waals surface area contributed by atoms with E-state index in [-0.39, 0.29) is 5.91 Å². The summed E-state index contributed by atoms with van der Waals surface area (Å²) in [6.45, 7) is 4.31. The van der Waals surface area contributed by atoms with Crippen molar-refractivity contribution in [2.24, 2.45) is 0 Å². The van der Waals surface area contributed by atoms with Crippen LogP contribution in [0.15, 0.2) is 45.6 Å². The molecule has 0 atom stereocenters. The topological polar surface area (TPSA) is 58.6 Å². The van der Waals surface area contributed by atoms with Gasteiger partial charge in [-0.2, -0.15) is 0 Å². The molecule has 2 rings (SSSR count). The Morgan fingerprint density at radius 2 is 1.76 bits per heavy atom. The van der Waals surface area contributed by atoms with Crippen molar-refractivity contribution in [1.29, 1.82) is 0 Å². The van der Waals surface area contributed by atoms with E-state index in [2.05, 4.69) is 12.2 Å². The first kappa shape index (κ1) is 15.4. The molecular formula is C16H22N2O3. The molecule has 114 valence electrons. The minimum absolute atomic E-state index is 0.0292. The highest BCUT2D eigenvalue weighted by atomic mass is 16.3. The van der Waals surface area contributed by atoms with Gasteiger partial charge in [0.05, 0.1) is 32.2 Å². The third-order valence-electron chi connectivity index (χ3n) is 3.14. The quantitative estimate of drug-likeness (QED) is 0.721. The summed E-state index contributed by atoms with van der Waals surface area (Å²) < 4.78 is 10.7. The second kappa shape index (κ2) is 8.32. The zero-order chi connectivity index (χ0) is 14.9. The number of carbonyl (C=O) groups is 1. The lowest BCUT2D eigenvalue weighted by Gasteiger charge is -2.19. The van der Waals surface area contributed by atoms with Gasteiger partial charge in [-0.3, -0.25) is 9.69 Å². The Balaban J connectivity index is 1.89. The SMILES string of the molecule is CCCCNC(=O)CN(Cc1ccco1)Cc1ccco1. The van der Waals surface area contributed by atoms with Crippen LogP contribution in [0, 0.1) is 0 Å². The summed E-state index contributed by atoms with van der Waals surface area (Å²) in [5, 5.41) is 2.93. The number of furan rings is 2. The molecule has 0 aromatic carbocycles. The van der Waals surface area contributed by atoms with Gasteiger partial charge in [0, 0.05) is 6.54 Å². The first-order chi connectivity index (χ1) is 10.3. The van der Waals surface area contributed by atoms with Gasteiger partial charge in [0.25, 0.3) is 0 Å². The molecule has 2 heterocycles. The van der Waals surface area contributed by atoms with E-state index >= 15 is 0 Å². The average Bonchev–Trinajstić information content (AvgIpc) is 3.12. The zero-order valence-electron chi connectivity index (χ0n) is 12.4. The van der Waals surface area contributed by atoms with Crippen LogP contribution in [0.3, 0.4) is 0 Å². The lowest BCUT2D eigenvalue weighted by molar-refractivity contribution is -0.122. The Bertz CT molecular complexity index is 469. The fourth-order valence-corrected chi connectivity index (χ4v) is 2.08. The molecule has 21 heavy (non-hydrogen) atoms. The molecule has 2 aromatic heterocycles. The van der Waals surface area contributed by atoms with E-state index < -0.39 is 0 Å². The fourth-order valence-electron chi connectivity index (χ4n) is 2.08. The molecule has 0 aliphatic heterocycles. The molecular weight excluding hydrogens is 268 g/mol. The number of amides is 1. The molecule has 0 spiro atoms. The van der Waals surface area contributed by atoms with Crippen LogP contribution in [-0.2, 0) is 17.9 Å². The van der Waals surface area contributed by atoms with Crippen molar-refractivity contribution in [1.82, 2.24) is 10.2 Å². The number of nitrogens with one attached hydrogen (secondary N) is 1. The van der Waals surface area contributed by atoms with E-state index in [9.17, 15) is 4.79 Å². The van der Waals surface area contributed by atoms with Crippen LogP contribution >= 0.6 is 0 Å². The van der Waals surface area contributed by atoms with Crippen LogP contribution in [0.2, 0.25) is 0 Å². The van der Waals surface area contributed by atoms with Crippen molar-refractivity contribution < 1.29 is 13.6 Å². The summed E-state index contributed by atoms with van der Waals surface area (Å²) in [5.74, 6) is 1.70. The highest BCUT2D eigenvalue weighted by Gasteiger charge is 2.14. The molecule has 0 bridgehead atoms. The van der Waals surface area contributed by atoms with E-state index in [4.69, 9.17) is 8.83 Å². The van der Waals surface area contributed by atoms with Crippen molar-refractivity contribution in [2.45, 2.75) is 32.9 Å². The van der Waals surface area contributed by atoms with Gasteiger partial charge in [-0.25, -0.2) is 0 Å². The Morgan fingerprint density at radius 3 is 2.24 bits per heavy atom. The third kappa shape index (κ3) is 5.47. The van der Waals surface area contributed by atoms with Crippen LogP contribution in [0.5, 0.6) is 0 Å². The standard InChI is InChI=1S/C16H22N2O3/c1-2-3-8-17-16(19)13-18(11-14-6-4-9-20-14)12-15-7-5-10-21-15/h4-7,9-10H,2-3,8,11-13H2,1H3,(H,17,19). The maximum atomic E-state index is 12.0. The van der Waals surface area contributed by atoms with Crippen molar-refractivity contribution in [2.75, 3.05) is 13.1 Å². The highest BCUT2D eigenvalue weighted by molar-refractivity contribution is 5.77. The van der Waals surface area contributed by atoms with Gasteiger partial charge >= 0.3 is 0 Å². The molecule has 0 unspecified atom stereocenters. The van der Waals surface area contributed by atoms with E-state index in [0.29, 0.717) is 19.6 Å². The summed E-state index contributed by atoms with van der Waals surface area (Å²) in [7, 11) is 0. The number of nitrogens with zero attached hydrogens (tertiary/aromatic N) is 1. The van der Waals surface area contributed by atoms with Crippen LogP contribution in [0.4, 0.5) is 0 Å². The number of hydrogen-bond acceptors (Lipinski definition) is 4. The number of rotatable bonds is 9. The lowest BCUT2D eigenvalue weighted by atomic mass is 10.3. The van der Waals surface area contributed by atoms with Gasteiger partial charge in [-0.1, -0.05) is 13.3 Å². The molecule has 0 radical (unpaired) electrons. The van der Waals surface area contributed by atoms with E-state index in [0.717, 1.165) is 30.9 Å². The predicted molar refractivity (Wildman–Crippen MR) is 79.4 cm³/mol. The van der Waals surface area contributed by atoms with Crippen LogP contribution in [0.25, 0.3) is 0 Å². The number of carbonyl (C=O) groups excluding carboxylic acids is 1. The van der Waals surface area contributed by atoms with Gasteiger partial charge in [0.2, 0.25) is 5.91 Å². The summed E-state index contributed by atoms with van der Waals surface area (Å²) in [4.78, 5) is 14.0. The van der Waals surface area contributed by atoms with E-state index in [1.54, 1.807) is 12.5 Å². The van der Waals surface area contributed by atoms with Gasteiger partial charge < -0.3 is 14.2 Å². The second-order valence-electron chi connectivity index (χ2n) is 5.01. The van der Waals surface area contributed by atoms with E-state index in [1.165, 1.54) is 0 Å². The molecule has 0 saturated carbocycles. The summed E-state index contributed by atoms with van der Waals surface area (Å²) >= 11 is 0. The average molecular weight is 290 g/mol. The Morgan fingerprint density at radius 1 is 1.14 bits per heavy atom. The Kier molecular flexibility index (Phi) is 6.09. The molecule has 0 aliphatic rings. The van der Waals surface area contributed by atoms with Gasteiger partial charge in [-0.05, 0) is 30.7 Å². The van der Waals surface area contributed by atoms with Crippen molar-refractivity contribution in [3.63, 3.8) is 0 Å². The first-order valence-corrected chi connectivity index (χ1v) is 7.31. The minimum Gasteiger partial charge on any atom is -0.468 e. The third-order valence-corrected chi connectivity index (χ3v) is 3.14. The normalized spacial score (nSPS) is 11.0.